The monoisotopic (exact) mass is 331 g/mol. The summed E-state index contributed by atoms with van der Waals surface area (Å²) in [6, 6.07) is 2.38. The molecule has 1 amide bonds. The summed E-state index contributed by atoms with van der Waals surface area (Å²) in [5.74, 6) is -1.90. The number of carbonyl (C=O) groups excluding carboxylic acids is 1. The van der Waals surface area contributed by atoms with Crippen LogP contribution in [-0.4, -0.2) is 28.1 Å². The number of carboxylic acids is 1. The highest BCUT2D eigenvalue weighted by Crippen LogP contribution is 2.34. The van der Waals surface area contributed by atoms with Crippen molar-refractivity contribution in [2.24, 2.45) is 5.92 Å². The predicted octanol–water partition coefficient (Wildman–Crippen LogP) is 2.11. The standard InChI is InChI=1S/C15H16F3NO4/c16-15(17,18)10-5-3-9(4-6-10)12(20)13(21)19-11(14(22)23)7-8-1-2-8/h3-6,8,11-12,20H,1-2,7H2,(H,19,21)(H,22,23)/t11-,12-/m0/s1. The largest absolute Gasteiger partial charge is 0.480 e. The first-order valence-corrected chi connectivity index (χ1v) is 7.07. The Morgan fingerprint density at radius 3 is 2.22 bits per heavy atom. The number of hydrogen-bond donors (Lipinski definition) is 3. The van der Waals surface area contributed by atoms with Gasteiger partial charge in [-0.15, -0.1) is 0 Å². The molecule has 0 aliphatic heterocycles. The number of rotatable bonds is 6. The SMILES string of the molecule is O=C(O)[C@H](CC1CC1)NC(=O)[C@@H](O)c1ccc(C(F)(F)F)cc1. The molecule has 1 fully saturated rings. The van der Waals surface area contributed by atoms with Crippen LogP contribution in [-0.2, 0) is 15.8 Å². The Morgan fingerprint density at radius 2 is 1.78 bits per heavy atom. The van der Waals surface area contributed by atoms with Crippen molar-refractivity contribution in [3.63, 3.8) is 0 Å². The van der Waals surface area contributed by atoms with Gasteiger partial charge in [-0.1, -0.05) is 25.0 Å². The highest BCUT2D eigenvalue weighted by Gasteiger charge is 2.33. The van der Waals surface area contributed by atoms with Crippen LogP contribution in [0.25, 0.3) is 0 Å². The highest BCUT2D eigenvalue weighted by molar-refractivity contribution is 5.87. The fourth-order valence-corrected chi connectivity index (χ4v) is 2.16. The van der Waals surface area contributed by atoms with Crippen molar-refractivity contribution in [2.75, 3.05) is 0 Å². The second kappa shape index (κ2) is 6.57. The third kappa shape index (κ3) is 4.69. The summed E-state index contributed by atoms with van der Waals surface area (Å²) in [4.78, 5) is 23.0. The Bertz CT molecular complexity index is 581. The summed E-state index contributed by atoms with van der Waals surface area (Å²) in [6.45, 7) is 0. The molecule has 1 saturated carbocycles. The van der Waals surface area contributed by atoms with Crippen LogP contribution in [0.3, 0.4) is 0 Å². The number of hydrogen-bond acceptors (Lipinski definition) is 3. The third-order valence-electron chi connectivity index (χ3n) is 3.68. The van der Waals surface area contributed by atoms with Gasteiger partial charge in [0, 0.05) is 0 Å². The molecule has 1 aliphatic carbocycles. The minimum atomic E-state index is -4.51. The molecule has 126 valence electrons. The highest BCUT2D eigenvalue weighted by atomic mass is 19.4. The van der Waals surface area contributed by atoms with Gasteiger partial charge in [-0.05, 0) is 30.0 Å². The summed E-state index contributed by atoms with van der Waals surface area (Å²) in [6.07, 6.45) is -4.15. The average Bonchev–Trinajstić information content (AvgIpc) is 3.28. The van der Waals surface area contributed by atoms with Gasteiger partial charge in [0.1, 0.15) is 6.04 Å². The molecule has 8 heteroatoms. The number of aliphatic carboxylic acids is 1. The lowest BCUT2D eigenvalue weighted by atomic mass is 10.0. The van der Waals surface area contributed by atoms with Crippen LogP contribution < -0.4 is 5.32 Å². The van der Waals surface area contributed by atoms with Crippen LogP contribution in [0, 0.1) is 5.92 Å². The Kier molecular flexibility index (Phi) is 4.93. The van der Waals surface area contributed by atoms with Crippen molar-refractivity contribution in [1.29, 1.82) is 0 Å². The number of aliphatic hydroxyl groups is 1. The molecule has 2 rings (SSSR count). The second-order valence-electron chi connectivity index (χ2n) is 5.60. The fraction of sp³-hybridized carbons (Fsp3) is 0.467. The number of amides is 1. The zero-order valence-electron chi connectivity index (χ0n) is 12.0. The predicted molar refractivity (Wildman–Crippen MR) is 73.3 cm³/mol. The summed E-state index contributed by atoms with van der Waals surface area (Å²) < 4.78 is 37.4. The number of nitrogens with one attached hydrogen (secondary N) is 1. The van der Waals surface area contributed by atoms with Gasteiger partial charge in [0.05, 0.1) is 5.56 Å². The Balaban J connectivity index is 2.01. The van der Waals surface area contributed by atoms with Crippen LogP contribution in [0.15, 0.2) is 24.3 Å². The van der Waals surface area contributed by atoms with E-state index in [-0.39, 0.29) is 17.9 Å². The van der Waals surface area contributed by atoms with Crippen LogP contribution in [0.1, 0.15) is 36.5 Å². The second-order valence-corrected chi connectivity index (χ2v) is 5.60. The van der Waals surface area contributed by atoms with Gasteiger partial charge >= 0.3 is 12.1 Å². The molecule has 0 unspecified atom stereocenters. The van der Waals surface area contributed by atoms with E-state index < -0.39 is 35.8 Å². The van der Waals surface area contributed by atoms with E-state index in [4.69, 9.17) is 5.11 Å². The van der Waals surface area contributed by atoms with Gasteiger partial charge in [-0.25, -0.2) is 4.79 Å². The van der Waals surface area contributed by atoms with E-state index in [9.17, 15) is 27.9 Å². The van der Waals surface area contributed by atoms with E-state index in [1.807, 2.05) is 0 Å². The fourth-order valence-electron chi connectivity index (χ4n) is 2.16. The molecule has 5 nitrogen and oxygen atoms in total. The van der Waals surface area contributed by atoms with E-state index in [1.54, 1.807) is 0 Å². The maximum Gasteiger partial charge on any atom is 0.416 e. The molecule has 1 aliphatic rings. The molecule has 0 saturated heterocycles. The molecular weight excluding hydrogens is 315 g/mol. The smallest absolute Gasteiger partial charge is 0.416 e. The van der Waals surface area contributed by atoms with Gasteiger partial charge < -0.3 is 15.5 Å². The Hall–Kier alpha value is -2.09. The minimum absolute atomic E-state index is 0.0361. The molecule has 1 aromatic carbocycles. The van der Waals surface area contributed by atoms with E-state index in [0.717, 1.165) is 37.1 Å². The minimum Gasteiger partial charge on any atom is -0.480 e. The van der Waals surface area contributed by atoms with E-state index >= 15 is 0 Å². The summed E-state index contributed by atoms with van der Waals surface area (Å²) in [5, 5.41) is 21.2. The molecule has 2 atom stereocenters. The zero-order valence-corrected chi connectivity index (χ0v) is 12.0. The molecular formula is C15H16F3NO4. The first kappa shape index (κ1) is 17.3. The van der Waals surface area contributed by atoms with E-state index in [0.29, 0.717) is 0 Å². The van der Waals surface area contributed by atoms with Crippen molar-refractivity contribution in [2.45, 2.75) is 37.6 Å². The molecule has 0 heterocycles. The maximum absolute atomic E-state index is 12.5. The van der Waals surface area contributed by atoms with E-state index in [2.05, 4.69) is 5.32 Å². The summed E-state index contributed by atoms with van der Waals surface area (Å²) >= 11 is 0. The maximum atomic E-state index is 12.5. The van der Waals surface area contributed by atoms with Crippen molar-refractivity contribution in [3.8, 4) is 0 Å². The van der Waals surface area contributed by atoms with Gasteiger partial charge in [0.25, 0.3) is 5.91 Å². The first-order chi connectivity index (χ1) is 10.7. The number of alkyl halides is 3. The van der Waals surface area contributed by atoms with Crippen LogP contribution in [0.5, 0.6) is 0 Å². The molecule has 0 radical (unpaired) electrons. The van der Waals surface area contributed by atoms with Crippen LogP contribution in [0.4, 0.5) is 13.2 Å². The average molecular weight is 331 g/mol. The first-order valence-electron chi connectivity index (χ1n) is 7.07. The number of benzene rings is 1. The van der Waals surface area contributed by atoms with Crippen molar-refractivity contribution in [1.82, 2.24) is 5.32 Å². The topological polar surface area (TPSA) is 86.6 Å². The lowest BCUT2D eigenvalue weighted by Crippen LogP contribution is -2.43. The van der Waals surface area contributed by atoms with Crippen molar-refractivity contribution < 1.29 is 33.0 Å². The van der Waals surface area contributed by atoms with Gasteiger partial charge in [0.15, 0.2) is 6.10 Å². The number of halogens is 3. The van der Waals surface area contributed by atoms with Crippen molar-refractivity contribution >= 4 is 11.9 Å². The molecule has 1 aromatic rings. The van der Waals surface area contributed by atoms with Gasteiger partial charge in [-0.2, -0.15) is 13.2 Å². The third-order valence-corrected chi connectivity index (χ3v) is 3.68. The Labute approximate surface area is 130 Å². The number of carbonyl (C=O) groups is 2. The summed E-state index contributed by atoms with van der Waals surface area (Å²) in [5.41, 5.74) is -0.933. The van der Waals surface area contributed by atoms with Crippen LogP contribution in [0.2, 0.25) is 0 Å². The lowest BCUT2D eigenvalue weighted by Gasteiger charge is -2.17. The molecule has 0 bridgehead atoms. The zero-order chi connectivity index (χ0) is 17.2. The molecule has 0 aromatic heterocycles. The number of aliphatic hydroxyl groups excluding tert-OH is 1. The summed E-state index contributed by atoms with van der Waals surface area (Å²) in [7, 11) is 0. The number of carboxylic acid groups (broad SMARTS) is 1. The van der Waals surface area contributed by atoms with Gasteiger partial charge in [-0.3, -0.25) is 4.79 Å². The molecule has 0 spiro atoms. The normalized spacial score (nSPS) is 17.4. The van der Waals surface area contributed by atoms with Crippen LogP contribution >= 0.6 is 0 Å². The van der Waals surface area contributed by atoms with E-state index in [1.165, 1.54) is 0 Å². The quantitative estimate of drug-likeness (QED) is 0.745. The van der Waals surface area contributed by atoms with Gasteiger partial charge in [0.2, 0.25) is 0 Å². The Morgan fingerprint density at radius 1 is 1.22 bits per heavy atom. The lowest BCUT2D eigenvalue weighted by molar-refractivity contribution is -0.143. The van der Waals surface area contributed by atoms with Crippen molar-refractivity contribution in [3.05, 3.63) is 35.4 Å². The molecule has 23 heavy (non-hydrogen) atoms. The molecule has 3 N–H and O–H groups in total.